The average Bonchev–Trinajstić information content (AvgIpc) is 3.88. The standard InChI is InChI=1S/C53H71FN8O17S/c1-4-74-21-23-76-25-27-78-48(65)19-17-42(50(55)67)61-53(70)45(31-36-32-56-41-12-7-6-11-40(36)41)62-52(69)44(30-35-9-8-10-37(54)29-35)60-46(63)33-57-51(68)43(18-20-49(66)79-28-26-77-24-22-75-5-2)59-47(64)34-58-80(71,72)39-15-13-38(73-3)14-16-39/h6-16,29,32,42-45,56,58H,4-5,17-28,30-31,33-34H2,1-3H3,(H2,55,67)(H,57,68)(H,59,64)(H,60,63)(H,61,70)(H,62,69)/t42-,43-,44-,45-/m0/s1. The van der Waals surface area contributed by atoms with Crippen LogP contribution in [0.5, 0.6) is 5.75 Å². The molecule has 3 aromatic carbocycles. The maximum Gasteiger partial charge on any atom is 0.305 e. The number of amides is 6. The highest BCUT2D eigenvalue weighted by atomic mass is 32.2. The van der Waals surface area contributed by atoms with Crippen LogP contribution in [0.15, 0.2) is 83.9 Å². The van der Waals surface area contributed by atoms with E-state index >= 15 is 0 Å². The minimum atomic E-state index is -4.23. The van der Waals surface area contributed by atoms with E-state index in [1.165, 1.54) is 43.5 Å². The molecular weight excluding hydrogens is 1070 g/mol. The van der Waals surface area contributed by atoms with Crippen LogP contribution in [0.25, 0.3) is 10.9 Å². The second-order valence-corrected chi connectivity index (χ2v) is 19.3. The molecule has 9 N–H and O–H groups in total. The number of benzene rings is 3. The highest BCUT2D eigenvalue weighted by molar-refractivity contribution is 7.89. The predicted octanol–water partition coefficient (Wildman–Crippen LogP) is 0.373. The molecule has 0 unspecified atom stereocenters. The molecule has 1 heterocycles. The van der Waals surface area contributed by atoms with Crippen molar-refractivity contribution < 1.29 is 84.3 Å². The number of hydrogen-bond donors (Lipinski definition) is 8. The number of para-hydroxylation sites is 1. The first-order valence-corrected chi connectivity index (χ1v) is 27.2. The van der Waals surface area contributed by atoms with E-state index in [-0.39, 0.29) is 75.6 Å². The minimum Gasteiger partial charge on any atom is -0.497 e. The van der Waals surface area contributed by atoms with E-state index in [2.05, 4.69) is 36.3 Å². The first-order chi connectivity index (χ1) is 38.4. The second-order valence-electron chi connectivity index (χ2n) is 17.5. The van der Waals surface area contributed by atoms with Crippen molar-refractivity contribution in [3.05, 3.63) is 95.9 Å². The van der Waals surface area contributed by atoms with Gasteiger partial charge in [0.05, 0.1) is 64.7 Å². The van der Waals surface area contributed by atoms with Gasteiger partial charge in [-0.1, -0.05) is 30.3 Å². The maximum absolute atomic E-state index is 14.5. The van der Waals surface area contributed by atoms with E-state index in [9.17, 15) is 51.2 Å². The van der Waals surface area contributed by atoms with Gasteiger partial charge in [0.2, 0.25) is 45.5 Å². The molecule has 25 nitrogen and oxygen atoms in total. The lowest BCUT2D eigenvalue weighted by Crippen LogP contribution is -2.58. The lowest BCUT2D eigenvalue weighted by Gasteiger charge is -2.25. The summed E-state index contributed by atoms with van der Waals surface area (Å²) in [5, 5.41) is 13.1. The van der Waals surface area contributed by atoms with Gasteiger partial charge in [0, 0.05) is 56.0 Å². The molecule has 0 fully saturated rings. The van der Waals surface area contributed by atoms with Crippen molar-refractivity contribution in [1.82, 2.24) is 36.3 Å². The maximum atomic E-state index is 14.5. The van der Waals surface area contributed by atoms with E-state index in [0.29, 0.717) is 55.3 Å². The third-order valence-electron chi connectivity index (χ3n) is 11.6. The van der Waals surface area contributed by atoms with E-state index in [1.54, 1.807) is 30.5 Å². The van der Waals surface area contributed by atoms with Crippen LogP contribution >= 0.6 is 0 Å². The number of rotatable bonds is 39. The lowest BCUT2D eigenvalue weighted by atomic mass is 10.0. The van der Waals surface area contributed by atoms with Gasteiger partial charge in [0.1, 0.15) is 48.9 Å². The minimum absolute atomic E-state index is 0.0440. The number of primary amides is 1. The van der Waals surface area contributed by atoms with Gasteiger partial charge in [-0.15, -0.1) is 0 Å². The van der Waals surface area contributed by atoms with Gasteiger partial charge >= 0.3 is 11.9 Å². The lowest BCUT2D eigenvalue weighted by molar-refractivity contribution is -0.146. The number of carbonyl (C=O) groups is 8. The fourth-order valence-corrected chi connectivity index (χ4v) is 8.53. The molecule has 0 bridgehead atoms. The van der Waals surface area contributed by atoms with Crippen molar-refractivity contribution in [1.29, 1.82) is 0 Å². The quantitative estimate of drug-likeness (QED) is 0.0221. The Balaban J connectivity index is 1.49. The van der Waals surface area contributed by atoms with E-state index in [4.69, 9.17) is 38.9 Å². The molecule has 4 aromatic rings. The zero-order chi connectivity index (χ0) is 58.3. The summed E-state index contributed by atoms with van der Waals surface area (Å²) in [4.78, 5) is 110. The third kappa shape index (κ3) is 23.8. The number of H-pyrrole nitrogens is 1. The van der Waals surface area contributed by atoms with Crippen LogP contribution in [0.1, 0.15) is 50.7 Å². The third-order valence-corrected chi connectivity index (χ3v) is 13.1. The summed E-state index contributed by atoms with van der Waals surface area (Å²) in [5.74, 6) is -7.59. The second kappa shape index (κ2) is 35.1. The largest absolute Gasteiger partial charge is 0.497 e. The normalized spacial score (nSPS) is 12.8. The number of aromatic nitrogens is 1. The zero-order valence-corrected chi connectivity index (χ0v) is 45.7. The molecule has 4 atom stereocenters. The van der Waals surface area contributed by atoms with Crippen LogP contribution in [-0.2, 0) is 89.6 Å². The topological polar surface area (TPSA) is 349 Å². The van der Waals surface area contributed by atoms with Crippen molar-refractivity contribution in [2.75, 3.05) is 86.3 Å². The molecule has 0 aliphatic heterocycles. The molecule has 0 radical (unpaired) electrons. The molecule has 0 aliphatic rings. The van der Waals surface area contributed by atoms with Crippen molar-refractivity contribution in [3.63, 3.8) is 0 Å². The van der Waals surface area contributed by atoms with Gasteiger partial charge in [0.15, 0.2) is 0 Å². The number of fused-ring (bicyclic) bond motifs is 1. The Labute approximate surface area is 462 Å². The van der Waals surface area contributed by atoms with Crippen LogP contribution in [0.3, 0.4) is 0 Å². The first kappa shape index (κ1) is 65.0. The van der Waals surface area contributed by atoms with E-state index < -0.39 is 107 Å². The Morgan fingerprint density at radius 2 is 1.16 bits per heavy atom. The number of methoxy groups -OCH3 is 1. The number of ether oxygens (including phenoxy) is 7. The fourth-order valence-electron chi connectivity index (χ4n) is 7.54. The Kier molecular flexibility index (Phi) is 28.5. The smallest absolute Gasteiger partial charge is 0.305 e. The number of nitrogens with two attached hydrogens (primary N) is 1. The first-order valence-electron chi connectivity index (χ1n) is 25.7. The molecule has 27 heteroatoms. The van der Waals surface area contributed by atoms with Crippen LogP contribution in [0.4, 0.5) is 4.39 Å². The number of hydrogen-bond acceptors (Lipinski definition) is 17. The molecule has 0 aliphatic carbocycles. The van der Waals surface area contributed by atoms with Crippen LogP contribution in [-0.4, -0.2) is 171 Å². The monoisotopic (exact) mass is 1140 g/mol. The summed E-state index contributed by atoms with van der Waals surface area (Å²) in [6.45, 7) is 4.15. The Bertz CT molecular complexity index is 2770. The van der Waals surface area contributed by atoms with E-state index in [0.717, 1.165) is 12.1 Å². The Morgan fingerprint density at radius 1 is 0.613 bits per heavy atom. The van der Waals surface area contributed by atoms with Gasteiger partial charge in [-0.2, -0.15) is 0 Å². The zero-order valence-electron chi connectivity index (χ0n) is 44.8. The molecule has 0 saturated carbocycles. The number of sulfonamides is 1. The summed E-state index contributed by atoms with van der Waals surface area (Å²) in [5.41, 5.74) is 7.16. The predicted molar refractivity (Wildman–Crippen MR) is 285 cm³/mol. The number of nitrogens with one attached hydrogen (secondary N) is 7. The van der Waals surface area contributed by atoms with Gasteiger partial charge in [0.25, 0.3) is 0 Å². The van der Waals surface area contributed by atoms with Crippen LogP contribution < -0.4 is 41.8 Å². The van der Waals surface area contributed by atoms with Gasteiger partial charge in [-0.3, -0.25) is 38.4 Å². The van der Waals surface area contributed by atoms with Crippen molar-refractivity contribution >= 4 is 68.3 Å². The average molecular weight is 1140 g/mol. The van der Waals surface area contributed by atoms with Crippen molar-refractivity contribution in [3.8, 4) is 5.75 Å². The number of carbonyl (C=O) groups excluding carboxylic acids is 8. The van der Waals surface area contributed by atoms with Crippen molar-refractivity contribution in [2.45, 2.75) is 81.4 Å². The van der Waals surface area contributed by atoms with E-state index in [1.807, 2.05) is 13.8 Å². The molecule has 0 spiro atoms. The molecule has 438 valence electrons. The molecule has 0 saturated heterocycles. The SMILES string of the molecule is CCOCCOCCOC(=O)CC[C@H](NC(=O)[C@H](Cc1c[nH]c2ccccc12)NC(=O)[C@H](Cc1cccc(F)c1)NC(=O)CNC(=O)[C@H](CCC(=O)OCCOCCOCC)NC(=O)CNS(=O)(=O)c1ccc(OC)cc1)C(N)=O. The van der Waals surface area contributed by atoms with Gasteiger partial charge < -0.3 is 70.5 Å². The summed E-state index contributed by atoms with van der Waals surface area (Å²) in [6, 6.07) is 11.6. The van der Waals surface area contributed by atoms with Gasteiger partial charge in [-0.05, 0) is 80.3 Å². The molecular formula is C53H71FN8O17S. The Morgan fingerprint density at radius 3 is 1.76 bits per heavy atom. The van der Waals surface area contributed by atoms with Gasteiger partial charge in [-0.25, -0.2) is 17.5 Å². The molecule has 1 aromatic heterocycles. The van der Waals surface area contributed by atoms with Crippen molar-refractivity contribution in [2.24, 2.45) is 5.73 Å². The highest BCUT2D eigenvalue weighted by Crippen LogP contribution is 2.20. The number of esters is 2. The summed E-state index contributed by atoms with van der Waals surface area (Å²) in [6.07, 6.45) is -0.321. The molecule has 4 rings (SSSR count). The summed E-state index contributed by atoms with van der Waals surface area (Å²) < 4.78 is 79.0. The fraction of sp³-hybridized carbons (Fsp3) is 0.472. The summed E-state index contributed by atoms with van der Waals surface area (Å²) >= 11 is 0. The Hall–Kier alpha value is -7.56. The highest BCUT2D eigenvalue weighted by Gasteiger charge is 2.32. The summed E-state index contributed by atoms with van der Waals surface area (Å²) in [7, 11) is -2.84. The van der Waals surface area contributed by atoms with Crippen LogP contribution in [0, 0.1) is 5.82 Å². The molecule has 6 amide bonds. The molecule has 80 heavy (non-hydrogen) atoms. The number of aromatic amines is 1. The van der Waals surface area contributed by atoms with Crippen LogP contribution in [0.2, 0.25) is 0 Å². The number of halogens is 1.